The normalized spacial score (nSPS) is 14.6. The molecule has 22 heavy (non-hydrogen) atoms. The minimum absolute atomic E-state index is 0.0177. The van der Waals surface area contributed by atoms with Crippen molar-refractivity contribution in [2.45, 2.75) is 33.3 Å². The zero-order valence-corrected chi connectivity index (χ0v) is 13.3. The number of rotatable bonds is 3. The number of para-hydroxylation sites is 1. The van der Waals surface area contributed by atoms with Crippen LogP contribution in [-0.2, 0) is 11.2 Å². The summed E-state index contributed by atoms with van der Waals surface area (Å²) in [5.41, 5.74) is 4.53. The van der Waals surface area contributed by atoms with Crippen LogP contribution in [0.1, 0.15) is 23.6 Å². The second-order valence-electron chi connectivity index (χ2n) is 5.95. The topological polar surface area (TPSA) is 29.5 Å². The van der Waals surface area contributed by atoms with Gasteiger partial charge in [-0.25, -0.2) is 0 Å². The van der Waals surface area contributed by atoms with Crippen molar-refractivity contribution in [3.8, 4) is 5.75 Å². The molecule has 1 amide bonds. The summed E-state index contributed by atoms with van der Waals surface area (Å²) < 4.78 is 5.87. The molecule has 0 bridgehead atoms. The van der Waals surface area contributed by atoms with Gasteiger partial charge in [0.15, 0.2) is 6.10 Å². The summed E-state index contributed by atoms with van der Waals surface area (Å²) in [5.74, 6) is 0.773. The Labute approximate surface area is 131 Å². The number of hydrogen-bond acceptors (Lipinski definition) is 2. The molecular weight excluding hydrogens is 274 g/mol. The Bertz CT molecular complexity index is 688. The van der Waals surface area contributed by atoms with Crippen LogP contribution in [0.2, 0.25) is 0 Å². The van der Waals surface area contributed by atoms with E-state index < -0.39 is 6.10 Å². The number of carbonyl (C=O) groups is 1. The third-order valence-corrected chi connectivity index (χ3v) is 4.01. The van der Waals surface area contributed by atoms with E-state index in [1.807, 2.05) is 56.0 Å². The van der Waals surface area contributed by atoms with Gasteiger partial charge in [-0.1, -0.05) is 24.3 Å². The molecule has 3 nitrogen and oxygen atoms in total. The molecule has 2 aromatic carbocycles. The Hall–Kier alpha value is -2.29. The van der Waals surface area contributed by atoms with Gasteiger partial charge in [0.1, 0.15) is 5.75 Å². The fraction of sp³-hybridized carbons (Fsp3) is 0.316. The van der Waals surface area contributed by atoms with E-state index in [-0.39, 0.29) is 5.91 Å². The van der Waals surface area contributed by atoms with Gasteiger partial charge in [-0.15, -0.1) is 0 Å². The van der Waals surface area contributed by atoms with E-state index >= 15 is 0 Å². The molecule has 0 spiro atoms. The highest BCUT2D eigenvalue weighted by molar-refractivity contribution is 5.98. The predicted molar refractivity (Wildman–Crippen MR) is 88.5 cm³/mol. The van der Waals surface area contributed by atoms with Crippen molar-refractivity contribution in [2.75, 3.05) is 11.4 Å². The van der Waals surface area contributed by atoms with Crippen LogP contribution in [0.3, 0.4) is 0 Å². The first-order valence-corrected chi connectivity index (χ1v) is 7.69. The molecule has 0 aliphatic carbocycles. The first-order valence-electron chi connectivity index (χ1n) is 7.69. The molecule has 1 aliphatic rings. The molecule has 0 fully saturated rings. The Morgan fingerprint density at radius 2 is 1.82 bits per heavy atom. The number of hydrogen-bond donors (Lipinski definition) is 0. The van der Waals surface area contributed by atoms with Crippen LogP contribution in [-0.4, -0.2) is 18.6 Å². The van der Waals surface area contributed by atoms with E-state index in [1.54, 1.807) is 0 Å². The molecule has 0 radical (unpaired) electrons. The number of nitrogens with zero attached hydrogens (tertiary/aromatic N) is 1. The molecule has 1 aliphatic heterocycles. The van der Waals surface area contributed by atoms with Crippen LogP contribution in [0.5, 0.6) is 5.75 Å². The lowest BCUT2D eigenvalue weighted by molar-refractivity contribution is -0.124. The number of ether oxygens (including phenoxy) is 1. The van der Waals surface area contributed by atoms with Gasteiger partial charge in [-0.3, -0.25) is 4.79 Å². The number of anilines is 1. The summed E-state index contributed by atoms with van der Waals surface area (Å²) in [7, 11) is 0. The summed E-state index contributed by atoms with van der Waals surface area (Å²) in [4.78, 5) is 14.5. The van der Waals surface area contributed by atoms with Gasteiger partial charge >= 0.3 is 0 Å². The summed E-state index contributed by atoms with van der Waals surface area (Å²) in [5, 5.41) is 0. The predicted octanol–water partition coefficient (Wildman–Crippen LogP) is 3.66. The second kappa shape index (κ2) is 5.84. The molecular formula is C19H21NO2. The Morgan fingerprint density at radius 1 is 1.14 bits per heavy atom. The third-order valence-electron chi connectivity index (χ3n) is 4.01. The van der Waals surface area contributed by atoms with Gasteiger partial charge in [-0.05, 0) is 62.1 Å². The largest absolute Gasteiger partial charge is 0.481 e. The molecule has 1 unspecified atom stereocenters. The molecule has 3 rings (SSSR count). The highest BCUT2D eigenvalue weighted by Crippen LogP contribution is 2.28. The minimum Gasteiger partial charge on any atom is -0.481 e. The first kappa shape index (κ1) is 14.6. The van der Waals surface area contributed by atoms with Gasteiger partial charge in [0.05, 0.1) is 0 Å². The van der Waals surface area contributed by atoms with Crippen LogP contribution in [0.25, 0.3) is 0 Å². The molecule has 0 N–H and O–H groups in total. The zero-order valence-electron chi connectivity index (χ0n) is 13.3. The average molecular weight is 295 g/mol. The highest BCUT2D eigenvalue weighted by Gasteiger charge is 2.28. The van der Waals surface area contributed by atoms with Crippen molar-refractivity contribution in [1.82, 2.24) is 0 Å². The SMILES string of the molecule is Cc1cc(C)cc(OC(C)C(=O)N2CCc3ccccc32)c1. The average Bonchev–Trinajstić information content (AvgIpc) is 2.89. The van der Waals surface area contributed by atoms with Crippen molar-refractivity contribution >= 4 is 11.6 Å². The van der Waals surface area contributed by atoms with Crippen LogP contribution in [0.4, 0.5) is 5.69 Å². The summed E-state index contributed by atoms with van der Waals surface area (Å²) in [6.45, 7) is 6.62. The van der Waals surface area contributed by atoms with Crippen molar-refractivity contribution in [1.29, 1.82) is 0 Å². The monoisotopic (exact) mass is 295 g/mol. The lowest BCUT2D eigenvalue weighted by Gasteiger charge is -2.22. The molecule has 0 aromatic heterocycles. The zero-order chi connectivity index (χ0) is 15.7. The third kappa shape index (κ3) is 2.84. The summed E-state index contributed by atoms with van der Waals surface area (Å²) in [6.07, 6.45) is 0.422. The number of carbonyl (C=O) groups excluding carboxylic acids is 1. The molecule has 1 atom stereocenters. The summed E-state index contributed by atoms with van der Waals surface area (Å²) in [6, 6.07) is 14.1. The van der Waals surface area contributed by atoms with Crippen molar-refractivity contribution in [2.24, 2.45) is 0 Å². The fourth-order valence-corrected chi connectivity index (χ4v) is 3.04. The number of aryl methyl sites for hydroxylation is 2. The quantitative estimate of drug-likeness (QED) is 0.865. The molecule has 1 heterocycles. The van der Waals surface area contributed by atoms with Gasteiger partial charge in [0, 0.05) is 12.2 Å². The molecule has 0 saturated carbocycles. The van der Waals surface area contributed by atoms with Crippen LogP contribution in [0.15, 0.2) is 42.5 Å². The van der Waals surface area contributed by atoms with Gasteiger partial charge in [0.25, 0.3) is 5.91 Å². The van der Waals surface area contributed by atoms with E-state index in [2.05, 4.69) is 12.1 Å². The molecule has 3 heteroatoms. The van der Waals surface area contributed by atoms with E-state index in [1.165, 1.54) is 5.56 Å². The Kier molecular flexibility index (Phi) is 3.88. The van der Waals surface area contributed by atoms with Crippen molar-refractivity contribution in [3.63, 3.8) is 0 Å². The van der Waals surface area contributed by atoms with Gasteiger partial charge < -0.3 is 9.64 Å². The highest BCUT2D eigenvalue weighted by atomic mass is 16.5. The Morgan fingerprint density at radius 3 is 2.55 bits per heavy atom. The van der Waals surface area contributed by atoms with E-state index in [0.717, 1.165) is 35.5 Å². The van der Waals surface area contributed by atoms with Crippen molar-refractivity contribution in [3.05, 3.63) is 59.2 Å². The fourth-order valence-electron chi connectivity index (χ4n) is 3.04. The maximum atomic E-state index is 12.7. The van der Waals surface area contributed by atoms with Crippen LogP contribution in [0, 0.1) is 13.8 Å². The minimum atomic E-state index is -0.493. The molecule has 2 aromatic rings. The smallest absolute Gasteiger partial charge is 0.267 e. The number of fused-ring (bicyclic) bond motifs is 1. The van der Waals surface area contributed by atoms with E-state index in [0.29, 0.717) is 0 Å². The lowest BCUT2D eigenvalue weighted by Crippen LogP contribution is -2.39. The van der Waals surface area contributed by atoms with Crippen molar-refractivity contribution < 1.29 is 9.53 Å². The Balaban J connectivity index is 1.75. The second-order valence-corrected chi connectivity index (χ2v) is 5.95. The van der Waals surface area contributed by atoms with Gasteiger partial charge in [-0.2, -0.15) is 0 Å². The maximum Gasteiger partial charge on any atom is 0.267 e. The molecule has 114 valence electrons. The number of amides is 1. The van der Waals surface area contributed by atoms with Crippen LogP contribution < -0.4 is 9.64 Å². The standard InChI is InChI=1S/C19H21NO2/c1-13-10-14(2)12-17(11-13)22-15(3)19(21)20-9-8-16-6-4-5-7-18(16)20/h4-7,10-12,15H,8-9H2,1-3H3. The van der Waals surface area contributed by atoms with Gasteiger partial charge in [0.2, 0.25) is 0 Å². The number of benzene rings is 2. The van der Waals surface area contributed by atoms with E-state index in [9.17, 15) is 4.79 Å². The first-order chi connectivity index (χ1) is 10.5. The van der Waals surface area contributed by atoms with Crippen LogP contribution >= 0.6 is 0 Å². The lowest BCUT2D eigenvalue weighted by atomic mass is 10.1. The maximum absolute atomic E-state index is 12.7. The molecule has 0 saturated heterocycles. The summed E-state index contributed by atoms with van der Waals surface area (Å²) >= 11 is 0. The van der Waals surface area contributed by atoms with E-state index in [4.69, 9.17) is 4.74 Å².